The summed E-state index contributed by atoms with van der Waals surface area (Å²) in [6, 6.07) is 10.9. The molecule has 8 nitrogen and oxygen atoms in total. The molecule has 2 N–H and O–H groups in total. The van der Waals surface area contributed by atoms with Crippen LogP contribution in [0, 0.1) is 5.82 Å². The molecule has 0 radical (unpaired) electrons. The third-order valence-corrected chi connectivity index (χ3v) is 7.39. The molecule has 5 heterocycles. The van der Waals surface area contributed by atoms with E-state index in [0.717, 1.165) is 55.5 Å². The number of ether oxygens (including phenoxy) is 1. The molecule has 0 spiro atoms. The van der Waals surface area contributed by atoms with E-state index < -0.39 is 0 Å². The van der Waals surface area contributed by atoms with Gasteiger partial charge in [-0.15, -0.1) is 0 Å². The van der Waals surface area contributed by atoms with Crippen LogP contribution in [0.15, 0.2) is 41.2 Å². The summed E-state index contributed by atoms with van der Waals surface area (Å²) in [5.74, 6) is 0.678. The average molecular weight is 478 g/mol. The van der Waals surface area contributed by atoms with Crippen LogP contribution in [0.5, 0.6) is 5.75 Å². The number of amides is 1. The molecule has 3 aliphatic heterocycles. The van der Waals surface area contributed by atoms with Gasteiger partial charge in [-0.1, -0.05) is 0 Å². The van der Waals surface area contributed by atoms with Gasteiger partial charge in [0.05, 0.1) is 17.3 Å². The smallest absolute Gasteiger partial charge is 0.263 e. The van der Waals surface area contributed by atoms with Gasteiger partial charge < -0.3 is 24.8 Å². The molecule has 1 atom stereocenters. The summed E-state index contributed by atoms with van der Waals surface area (Å²) in [6.45, 7) is 3.33. The lowest BCUT2D eigenvalue weighted by molar-refractivity contribution is -0.118. The van der Waals surface area contributed by atoms with Crippen molar-refractivity contribution in [3.8, 4) is 5.75 Å². The summed E-state index contributed by atoms with van der Waals surface area (Å²) in [5, 5.41) is 7.26. The van der Waals surface area contributed by atoms with E-state index in [4.69, 9.17) is 4.74 Å². The second kappa shape index (κ2) is 9.05. The molecular formula is C26H28FN5O3. The maximum Gasteiger partial charge on any atom is 0.263 e. The highest BCUT2D eigenvalue weighted by atomic mass is 19.1. The van der Waals surface area contributed by atoms with Crippen LogP contribution >= 0.6 is 0 Å². The van der Waals surface area contributed by atoms with Crippen molar-refractivity contribution in [1.82, 2.24) is 19.8 Å². The van der Waals surface area contributed by atoms with Crippen LogP contribution in [0.3, 0.4) is 0 Å². The van der Waals surface area contributed by atoms with Crippen molar-refractivity contribution in [3.05, 3.63) is 63.8 Å². The molecule has 1 fully saturated rings. The molecule has 3 aromatic rings. The average Bonchev–Trinajstić information content (AvgIpc) is 2.87. The monoisotopic (exact) mass is 477 g/mol. The van der Waals surface area contributed by atoms with Crippen molar-refractivity contribution >= 4 is 22.6 Å². The lowest BCUT2D eigenvalue weighted by atomic mass is 9.95. The molecule has 3 aliphatic rings. The van der Waals surface area contributed by atoms with Crippen LogP contribution in [0.2, 0.25) is 0 Å². The van der Waals surface area contributed by atoms with Crippen molar-refractivity contribution in [3.63, 3.8) is 0 Å². The van der Waals surface area contributed by atoms with Gasteiger partial charge in [0.25, 0.3) is 11.5 Å². The number of benzene rings is 1. The van der Waals surface area contributed by atoms with Crippen molar-refractivity contribution in [2.75, 3.05) is 31.6 Å². The van der Waals surface area contributed by atoms with Crippen LogP contribution < -0.4 is 20.9 Å². The van der Waals surface area contributed by atoms with Gasteiger partial charge in [-0.2, -0.15) is 0 Å². The number of likely N-dealkylation sites (tertiary alicyclic amines) is 1. The van der Waals surface area contributed by atoms with Crippen molar-refractivity contribution in [1.29, 1.82) is 0 Å². The van der Waals surface area contributed by atoms with Gasteiger partial charge in [0.2, 0.25) is 0 Å². The summed E-state index contributed by atoms with van der Waals surface area (Å²) in [4.78, 5) is 31.2. The maximum atomic E-state index is 14.4. The summed E-state index contributed by atoms with van der Waals surface area (Å²) >= 11 is 0. The number of pyridine rings is 2. The minimum Gasteiger partial charge on any atom is -0.480 e. The molecule has 1 saturated heterocycles. The van der Waals surface area contributed by atoms with E-state index in [1.807, 2.05) is 16.7 Å². The van der Waals surface area contributed by atoms with Gasteiger partial charge in [-0.3, -0.25) is 9.59 Å². The first-order valence-corrected chi connectivity index (χ1v) is 12.3. The second-order valence-electron chi connectivity index (χ2n) is 9.64. The number of hydrogen-bond donors (Lipinski definition) is 2. The minimum absolute atomic E-state index is 0.0267. The Balaban J connectivity index is 1.07. The number of aryl methyl sites for hydroxylation is 1. The highest BCUT2D eigenvalue weighted by Gasteiger charge is 2.28. The van der Waals surface area contributed by atoms with E-state index >= 15 is 0 Å². The Labute approximate surface area is 202 Å². The van der Waals surface area contributed by atoms with E-state index in [2.05, 4.69) is 20.5 Å². The fourth-order valence-corrected chi connectivity index (χ4v) is 5.58. The number of aromatic nitrogens is 2. The number of rotatable bonds is 5. The predicted octanol–water partition coefficient (Wildman–Crippen LogP) is 2.61. The maximum absolute atomic E-state index is 14.4. The van der Waals surface area contributed by atoms with Crippen LogP contribution in [0.4, 0.5) is 10.2 Å². The lowest BCUT2D eigenvalue weighted by Crippen LogP contribution is -2.45. The molecule has 182 valence electrons. The number of hydrogen-bond acceptors (Lipinski definition) is 6. The molecule has 9 heteroatoms. The summed E-state index contributed by atoms with van der Waals surface area (Å²) in [5.41, 5.74) is 2.24. The van der Waals surface area contributed by atoms with Gasteiger partial charge >= 0.3 is 0 Å². The number of anilines is 1. The number of piperidine rings is 1. The quantitative estimate of drug-likeness (QED) is 0.588. The SMILES string of the molecule is O=C1COc2ccc(CNC3CCN(CC4CCc5c(F)ccc6ccc(=O)n4c56)CC3)nc2N1. The molecule has 0 bridgehead atoms. The highest BCUT2D eigenvalue weighted by Crippen LogP contribution is 2.32. The molecule has 35 heavy (non-hydrogen) atoms. The molecule has 1 unspecified atom stereocenters. The predicted molar refractivity (Wildman–Crippen MR) is 130 cm³/mol. The zero-order chi connectivity index (χ0) is 23.9. The number of nitrogens with zero attached hydrogens (tertiary/aromatic N) is 3. The highest BCUT2D eigenvalue weighted by molar-refractivity contribution is 5.94. The fourth-order valence-electron chi connectivity index (χ4n) is 5.58. The molecule has 1 amide bonds. The van der Waals surface area contributed by atoms with Gasteiger partial charge in [0.1, 0.15) is 5.82 Å². The first kappa shape index (κ1) is 22.2. The van der Waals surface area contributed by atoms with Crippen LogP contribution in [0.1, 0.15) is 36.6 Å². The second-order valence-corrected chi connectivity index (χ2v) is 9.64. The lowest BCUT2D eigenvalue weighted by Gasteiger charge is -2.37. The van der Waals surface area contributed by atoms with Crippen molar-refractivity contribution < 1.29 is 13.9 Å². The summed E-state index contributed by atoms with van der Waals surface area (Å²) in [7, 11) is 0. The van der Waals surface area contributed by atoms with Gasteiger partial charge in [-0.25, -0.2) is 9.37 Å². The molecule has 1 aromatic carbocycles. The fraction of sp³-hybridized carbons (Fsp3) is 0.423. The molecular weight excluding hydrogens is 449 g/mol. The Hall–Kier alpha value is -3.30. The zero-order valence-electron chi connectivity index (χ0n) is 19.4. The van der Waals surface area contributed by atoms with Crippen molar-refractivity contribution in [2.24, 2.45) is 0 Å². The standard InChI is InChI=1S/C26H28FN5O3/c27-21-6-1-16-2-8-24(34)32-19(4-5-20(21)25(16)32)14-31-11-9-17(10-12-31)28-13-18-3-7-22-26(29-18)30-23(33)15-35-22/h1-3,6-8,17,19,28H,4-5,9-15H2,(H,29,30,33). The largest absolute Gasteiger partial charge is 0.480 e. The van der Waals surface area contributed by atoms with E-state index in [0.29, 0.717) is 36.1 Å². The molecule has 0 aliphatic carbocycles. The first-order chi connectivity index (χ1) is 17.0. The molecule has 6 rings (SSSR count). The van der Waals surface area contributed by atoms with Gasteiger partial charge in [-0.05, 0) is 74.5 Å². The Kier molecular flexibility index (Phi) is 5.74. The summed E-state index contributed by atoms with van der Waals surface area (Å²) < 4.78 is 21.6. The number of nitrogens with one attached hydrogen (secondary N) is 2. The van der Waals surface area contributed by atoms with Gasteiger partial charge in [0.15, 0.2) is 18.2 Å². The van der Waals surface area contributed by atoms with Crippen LogP contribution in [-0.4, -0.2) is 52.6 Å². The normalized spacial score (nSPS) is 20.4. The van der Waals surface area contributed by atoms with E-state index in [1.54, 1.807) is 18.2 Å². The van der Waals surface area contributed by atoms with Crippen LogP contribution in [0.25, 0.3) is 10.9 Å². The van der Waals surface area contributed by atoms with Gasteiger partial charge in [0, 0.05) is 30.8 Å². The Morgan fingerprint density at radius 1 is 1.09 bits per heavy atom. The summed E-state index contributed by atoms with van der Waals surface area (Å²) in [6.07, 6.45) is 3.44. The Bertz CT molecular complexity index is 1350. The number of halogens is 1. The Morgan fingerprint density at radius 3 is 2.77 bits per heavy atom. The topological polar surface area (TPSA) is 88.5 Å². The van der Waals surface area contributed by atoms with E-state index in [1.165, 1.54) is 6.07 Å². The third-order valence-electron chi connectivity index (χ3n) is 7.39. The zero-order valence-corrected chi connectivity index (χ0v) is 19.4. The van der Waals surface area contributed by atoms with Crippen molar-refractivity contribution in [2.45, 2.75) is 44.3 Å². The van der Waals surface area contributed by atoms with Crippen LogP contribution in [-0.2, 0) is 17.8 Å². The number of carbonyl (C=O) groups excluding carboxylic acids is 1. The van der Waals surface area contributed by atoms with E-state index in [-0.39, 0.29) is 29.9 Å². The van der Waals surface area contributed by atoms with E-state index in [9.17, 15) is 14.0 Å². The third kappa shape index (κ3) is 4.30. The number of fused-ring (bicyclic) bond motifs is 1. The molecule has 2 aromatic heterocycles. The Morgan fingerprint density at radius 2 is 1.91 bits per heavy atom. The number of carbonyl (C=O) groups is 1. The first-order valence-electron chi connectivity index (χ1n) is 12.3. The molecule has 0 saturated carbocycles. The minimum atomic E-state index is -0.217.